The number of phenols is 1. The monoisotopic (exact) mass is 820 g/mol. The molecule has 0 aliphatic carbocycles. The molecule has 0 aliphatic heterocycles. The molecule has 0 unspecified atom stereocenters. The number of benzene rings is 4. The first kappa shape index (κ1) is 46.2. The molecule has 4 N–H and O–H groups in total. The largest absolute Gasteiger partial charge is 0.508 e. The maximum absolute atomic E-state index is 13.9. The molecular weight excluding hydrogens is 765 g/mol. The van der Waals surface area contributed by atoms with E-state index in [1.54, 1.807) is 39.8 Å². The van der Waals surface area contributed by atoms with E-state index in [-0.39, 0.29) is 56.4 Å². The van der Waals surface area contributed by atoms with Gasteiger partial charge >= 0.3 is 18.2 Å². The van der Waals surface area contributed by atoms with E-state index in [1.165, 1.54) is 0 Å². The molecule has 4 rings (SSSR count). The lowest BCUT2D eigenvalue weighted by Gasteiger charge is -2.25. The van der Waals surface area contributed by atoms with Crippen LogP contribution in [0.4, 0.5) is 9.59 Å². The molecule has 0 spiro atoms. The number of aryl methyl sites for hydroxylation is 2. The number of phenolic OH excluding ortho intramolecular Hbond substituents is 1. The first-order valence-electron chi connectivity index (χ1n) is 19.9. The van der Waals surface area contributed by atoms with E-state index in [0.717, 1.165) is 33.4 Å². The number of amides is 3. The van der Waals surface area contributed by atoms with Gasteiger partial charge in [0.1, 0.15) is 36.8 Å². The minimum atomic E-state index is -1.02. The van der Waals surface area contributed by atoms with Crippen molar-refractivity contribution in [3.05, 3.63) is 137 Å². The molecule has 3 atom stereocenters. The van der Waals surface area contributed by atoms with Crippen molar-refractivity contribution in [3.8, 4) is 5.75 Å². The zero-order valence-electron chi connectivity index (χ0n) is 35.2. The van der Waals surface area contributed by atoms with Gasteiger partial charge in [-0.3, -0.25) is 24.7 Å². The van der Waals surface area contributed by atoms with Gasteiger partial charge in [0.2, 0.25) is 5.91 Å². The second kappa shape index (κ2) is 22.6. The third kappa shape index (κ3) is 16.4. The summed E-state index contributed by atoms with van der Waals surface area (Å²) in [5, 5.41) is 18.3. The summed E-state index contributed by atoms with van der Waals surface area (Å²) < 4.78 is 16.4. The van der Waals surface area contributed by atoms with Crippen molar-refractivity contribution in [1.29, 1.82) is 0 Å². The predicted molar refractivity (Wildman–Crippen MR) is 228 cm³/mol. The Kier molecular flexibility index (Phi) is 17.4. The molecule has 0 saturated heterocycles. The molecule has 4 aromatic rings. The SMILES string of the molecule is Cc1cc(O)cc(C)c1C[C@H](NC(=O)OC(C)(C)C)C(=O)C[C@H](C)C(=O)NC[C@H](Cc1ccccc1)N=C(CC(=O)OCc1ccccc1)NC(=O)OCc1ccccc1. The van der Waals surface area contributed by atoms with Gasteiger partial charge in [0.15, 0.2) is 5.78 Å². The number of carbonyl (C=O) groups is 5. The van der Waals surface area contributed by atoms with Crippen LogP contribution >= 0.6 is 0 Å². The van der Waals surface area contributed by atoms with Crippen molar-refractivity contribution in [3.63, 3.8) is 0 Å². The van der Waals surface area contributed by atoms with E-state index < -0.39 is 47.7 Å². The molecule has 13 heteroatoms. The molecule has 0 aliphatic rings. The highest BCUT2D eigenvalue weighted by Crippen LogP contribution is 2.23. The van der Waals surface area contributed by atoms with E-state index in [4.69, 9.17) is 19.2 Å². The Hall–Kier alpha value is -6.50. The van der Waals surface area contributed by atoms with Crippen LogP contribution in [0.1, 0.15) is 73.9 Å². The minimum absolute atomic E-state index is 0.0128. The van der Waals surface area contributed by atoms with Crippen LogP contribution in [0.3, 0.4) is 0 Å². The maximum atomic E-state index is 13.9. The molecule has 318 valence electrons. The van der Waals surface area contributed by atoms with Gasteiger partial charge in [0.05, 0.1) is 12.1 Å². The van der Waals surface area contributed by atoms with Crippen LogP contribution in [0.2, 0.25) is 0 Å². The van der Waals surface area contributed by atoms with Crippen molar-refractivity contribution >= 4 is 35.7 Å². The molecule has 0 saturated carbocycles. The summed E-state index contributed by atoms with van der Waals surface area (Å²) in [7, 11) is 0. The zero-order chi connectivity index (χ0) is 43.7. The summed E-state index contributed by atoms with van der Waals surface area (Å²) in [6.45, 7) is 10.4. The quantitative estimate of drug-likeness (QED) is 0.0349. The highest BCUT2D eigenvalue weighted by Gasteiger charge is 2.29. The van der Waals surface area contributed by atoms with Crippen LogP contribution in [0.15, 0.2) is 108 Å². The summed E-state index contributed by atoms with van der Waals surface area (Å²) in [5.41, 5.74) is 3.90. The molecule has 3 amide bonds. The normalized spacial score (nSPS) is 12.9. The second-order valence-corrected chi connectivity index (χ2v) is 15.7. The topological polar surface area (TPSA) is 182 Å². The summed E-state index contributed by atoms with van der Waals surface area (Å²) in [5.74, 6) is -2.20. The Bertz CT molecular complexity index is 2000. The van der Waals surface area contributed by atoms with Gasteiger partial charge in [-0.05, 0) is 86.6 Å². The number of carbonyl (C=O) groups excluding carboxylic acids is 5. The Morgan fingerprint density at radius 2 is 1.27 bits per heavy atom. The number of hydrogen-bond donors (Lipinski definition) is 4. The minimum Gasteiger partial charge on any atom is -0.508 e. The lowest BCUT2D eigenvalue weighted by Crippen LogP contribution is -2.46. The average molecular weight is 821 g/mol. The van der Waals surface area contributed by atoms with Crippen LogP contribution in [-0.4, -0.2) is 65.0 Å². The number of alkyl carbamates (subject to hydrolysis) is 2. The number of Topliss-reactive ketones (excluding diaryl/α,β-unsaturated/α-hetero) is 1. The van der Waals surface area contributed by atoms with E-state index >= 15 is 0 Å². The standard InChI is InChI=1S/C47H56N4O9/c1-31-22-38(52)23-32(2)39(31)26-40(50-46(57)60-47(4,5)6)41(53)24-33(3)44(55)48-28-37(25-34-16-10-7-11-17-34)49-42(27-43(54)58-29-35-18-12-8-13-19-35)51-45(56)59-30-36-20-14-9-15-21-36/h7-23,33,37,40,52H,24-30H2,1-6H3,(H,48,55)(H,50,57)(H,49,51,56)/t33-,37-,40-/m0/s1. The molecule has 0 radical (unpaired) electrons. The highest BCUT2D eigenvalue weighted by atomic mass is 16.6. The molecule has 13 nitrogen and oxygen atoms in total. The molecule has 0 heterocycles. The summed E-state index contributed by atoms with van der Waals surface area (Å²) in [4.78, 5) is 71.3. The number of nitrogens with one attached hydrogen (secondary N) is 3. The van der Waals surface area contributed by atoms with Crippen LogP contribution in [0, 0.1) is 19.8 Å². The van der Waals surface area contributed by atoms with Gasteiger partial charge in [-0.2, -0.15) is 0 Å². The van der Waals surface area contributed by atoms with Crippen LogP contribution in [-0.2, 0) is 54.6 Å². The third-order valence-electron chi connectivity index (χ3n) is 9.30. The third-order valence-corrected chi connectivity index (χ3v) is 9.30. The van der Waals surface area contributed by atoms with Crippen molar-refractivity contribution in [2.24, 2.45) is 10.9 Å². The van der Waals surface area contributed by atoms with Gasteiger partial charge in [-0.15, -0.1) is 0 Å². The Balaban J connectivity index is 1.51. The summed E-state index contributed by atoms with van der Waals surface area (Å²) >= 11 is 0. The fourth-order valence-corrected chi connectivity index (χ4v) is 6.32. The van der Waals surface area contributed by atoms with E-state index in [1.807, 2.05) is 105 Å². The number of ketones is 1. The number of aromatic hydroxyl groups is 1. The fraction of sp³-hybridized carbons (Fsp3) is 0.362. The van der Waals surface area contributed by atoms with E-state index in [9.17, 15) is 29.1 Å². The van der Waals surface area contributed by atoms with Gasteiger partial charge in [-0.1, -0.05) is 97.9 Å². The predicted octanol–water partition coefficient (Wildman–Crippen LogP) is 7.23. The lowest BCUT2D eigenvalue weighted by molar-refractivity contribution is -0.143. The van der Waals surface area contributed by atoms with Gasteiger partial charge < -0.3 is 30.0 Å². The zero-order valence-corrected chi connectivity index (χ0v) is 35.2. The first-order chi connectivity index (χ1) is 28.5. The van der Waals surface area contributed by atoms with Crippen molar-refractivity contribution in [2.45, 2.75) is 98.1 Å². The van der Waals surface area contributed by atoms with Crippen molar-refractivity contribution in [1.82, 2.24) is 16.0 Å². The molecule has 0 fully saturated rings. The van der Waals surface area contributed by atoms with E-state index in [0.29, 0.717) is 6.42 Å². The average Bonchev–Trinajstić information content (AvgIpc) is 3.19. The van der Waals surface area contributed by atoms with Crippen LogP contribution in [0.25, 0.3) is 0 Å². The molecular formula is C47H56N4O9. The summed E-state index contributed by atoms with van der Waals surface area (Å²) in [6, 6.07) is 29.2. The smallest absolute Gasteiger partial charge is 0.412 e. The Morgan fingerprint density at radius 1 is 0.733 bits per heavy atom. The number of aliphatic imine (C=N–C) groups is 1. The van der Waals surface area contributed by atoms with Gasteiger partial charge in [0.25, 0.3) is 0 Å². The fourth-order valence-electron chi connectivity index (χ4n) is 6.32. The number of hydrogen-bond acceptors (Lipinski definition) is 10. The van der Waals surface area contributed by atoms with Crippen LogP contribution < -0.4 is 16.0 Å². The molecule has 0 aromatic heterocycles. The number of amidine groups is 1. The van der Waals surface area contributed by atoms with Crippen molar-refractivity contribution in [2.75, 3.05) is 6.54 Å². The van der Waals surface area contributed by atoms with Gasteiger partial charge in [-0.25, -0.2) is 9.59 Å². The molecule has 60 heavy (non-hydrogen) atoms. The van der Waals surface area contributed by atoms with E-state index in [2.05, 4.69) is 16.0 Å². The van der Waals surface area contributed by atoms with Crippen LogP contribution in [0.5, 0.6) is 5.75 Å². The number of esters is 1. The highest BCUT2D eigenvalue weighted by molar-refractivity contribution is 6.04. The number of ether oxygens (including phenoxy) is 3. The van der Waals surface area contributed by atoms with Crippen molar-refractivity contribution < 1.29 is 43.3 Å². The van der Waals surface area contributed by atoms with Gasteiger partial charge in [0, 0.05) is 25.3 Å². The molecule has 4 aromatic carbocycles. The first-order valence-corrected chi connectivity index (χ1v) is 19.9. The second-order valence-electron chi connectivity index (χ2n) is 15.7. The number of rotatable bonds is 18. The Morgan fingerprint density at radius 3 is 1.82 bits per heavy atom. The molecule has 0 bridgehead atoms. The maximum Gasteiger partial charge on any atom is 0.412 e. The lowest BCUT2D eigenvalue weighted by atomic mass is 9.91. The Labute approximate surface area is 351 Å². The summed E-state index contributed by atoms with van der Waals surface area (Å²) in [6.07, 6.45) is -1.74. The number of nitrogens with zero attached hydrogens (tertiary/aromatic N) is 1.